The fourth-order valence-electron chi connectivity index (χ4n) is 0. The molecule has 0 unspecified atom stereocenters. The van der Waals surface area contributed by atoms with Crippen LogP contribution < -0.4 is 58.2 Å². The van der Waals surface area contributed by atoms with Gasteiger partial charge in [-0.05, 0) is 0 Å². The SMILES string of the molecule is O.O.O.O.O.O.O.O.O.O.O.O.O=S(=O)([O-])[O-].O=S(=O)([O-])[O-].[Al+3].[Rb+]. The first kappa shape index (κ1) is 168. The van der Waals surface area contributed by atoms with Gasteiger partial charge < -0.3 is 83.9 Å². The van der Waals surface area contributed by atoms with E-state index < -0.39 is 20.8 Å². The summed E-state index contributed by atoms with van der Waals surface area (Å²) < 4.78 is 68.2. The topological polar surface area (TPSA) is 539 Å². The maximum atomic E-state index is 8.52. The maximum absolute atomic E-state index is 8.52. The summed E-state index contributed by atoms with van der Waals surface area (Å²) in [7, 11) is -10.3. The normalized spacial score (nSPS) is 4.83. The summed E-state index contributed by atoms with van der Waals surface area (Å²) in [5.74, 6) is 0. The second kappa shape index (κ2) is 74.1. The third-order valence-electron chi connectivity index (χ3n) is 0. The van der Waals surface area contributed by atoms with Gasteiger partial charge in [0.2, 0.25) is 0 Å². The molecule has 0 amide bonds. The molecule has 0 fully saturated rings. The van der Waals surface area contributed by atoms with Gasteiger partial charge in [0, 0.05) is 20.8 Å². The smallest absolute Gasteiger partial charge is 0.759 e. The number of hydrogen-bond donors (Lipinski definition) is 0. The predicted molar refractivity (Wildman–Crippen MR) is 70.1 cm³/mol. The van der Waals surface area contributed by atoms with Crippen LogP contribution in [0.3, 0.4) is 0 Å². The Morgan fingerprint density at radius 1 is 0.375 bits per heavy atom. The monoisotopic (exact) mass is 520 g/mol. The fourth-order valence-corrected chi connectivity index (χ4v) is 0. The van der Waals surface area contributed by atoms with Crippen molar-refractivity contribution in [2.75, 3.05) is 0 Å². The molecule has 0 radical (unpaired) electrons. The largest absolute Gasteiger partial charge is 3.00 e. The first-order valence-corrected chi connectivity index (χ1v) is 4.00. The van der Waals surface area contributed by atoms with E-state index in [9.17, 15) is 0 Å². The Bertz CT molecular complexity index is 218. The van der Waals surface area contributed by atoms with Crippen LogP contribution in [0, 0.1) is 0 Å². The van der Waals surface area contributed by atoms with E-state index in [4.69, 9.17) is 35.0 Å². The van der Waals surface area contributed by atoms with Crippen LogP contribution in [0.25, 0.3) is 0 Å². The van der Waals surface area contributed by atoms with Crippen molar-refractivity contribution in [1.82, 2.24) is 0 Å². The molecule has 160 valence electrons. The summed E-state index contributed by atoms with van der Waals surface area (Å²) in [5.41, 5.74) is 0. The van der Waals surface area contributed by atoms with E-state index in [0.29, 0.717) is 0 Å². The fraction of sp³-hybridized carbons (Fsp3) is 0. The van der Waals surface area contributed by atoms with Gasteiger partial charge in [-0.3, -0.25) is 16.8 Å². The molecule has 0 saturated carbocycles. The molecule has 0 saturated heterocycles. The summed E-state index contributed by atoms with van der Waals surface area (Å²) >= 11 is 0. The summed E-state index contributed by atoms with van der Waals surface area (Å²) in [6, 6.07) is 0. The Morgan fingerprint density at radius 3 is 0.375 bits per heavy atom. The molecular formula is H24AlO20RbS2. The molecule has 24 N–H and O–H groups in total. The van der Waals surface area contributed by atoms with Gasteiger partial charge in [-0.25, -0.2) is 0 Å². The van der Waals surface area contributed by atoms with Gasteiger partial charge in [0.1, 0.15) is 0 Å². The van der Waals surface area contributed by atoms with Crippen molar-refractivity contribution in [3.05, 3.63) is 0 Å². The van der Waals surface area contributed by atoms with Crippen molar-refractivity contribution in [1.29, 1.82) is 0 Å². The molecule has 0 aromatic carbocycles. The van der Waals surface area contributed by atoms with Crippen LogP contribution in [-0.2, 0) is 20.8 Å². The van der Waals surface area contributed by atoms with Crippen LogP contribution in [0.2, 0.25) is 0 Å². The molecule has 0 aromatic rings. The molecule has 0 atom stereocenters. The van der Waals surface area contributed by atoms with Crippen LogP contribution in [0.1, 0.15) is 0 Å². The van der Waals surface area contributed by atoms with E-state index in [2.05, 4.69) is 0 Å². The van der Waals surface area contributed by atoms with E-state index >= 15 is 0 Å². The first-order valence-electron chi connectivity index (χ1n) is 1.33. The molecule has 0 aliphatic heterocycles. The zero-order chi connectivity index (χ0) is 9.00. The summed E-state index contributed by atoms with van der Waals surface area (Å²) in [6.45, 7) is 0. The van der Waals surface area contributed by atoms with Gasteiger partial charge in [0.15, 0.2) is 0 Å². The van der Waals surface area contributed by atoms with E-state index in [0.717, 1.165) is 0 Å². The van der Waals surface area contributed by atoms with Gasteiger partial charge >= 0.3 is 75.5 Å². The Hall–Kier alpha value is 1.60. The molecule has 24 heavy (non-hydrogen) atoms. The molecule has 0 rings (SSSR count). The Morgan fingerprint density at radius 2 is 0.375 bits per heavy atom. The molecule has 0 aliphatic carbocycles. The molecule has 0 aromatic heterocycles. The molecule has 24 heteroatoms. The molecule has 0 bridgehead atoms. The molecule has 0 spiro atoms. The van der Waals surface area contributed by atoms with Gasteiger partial charge in [-0.2, -0.15) is 0 Å². The van der Waals surface area contributed by atoms with Gasteiger partial charge in [0.05, 0.1) is 0 Å². The predicted octanol–water partition coefficient (Wildman–Crippen LogP) is -15.9. The van der Waals surface area contributed by atoms with Gasteiger partial charge in [0.25, 0.3) is 0 Å². The maximum Gasteiger partial charge on any atom is 3.00 e. The molecule has 0 heterocycles. The van der Waals surface area contributed by atoms with Crippen molar-refractivity contribution in [2.45, 2.75) is 0 Å². The van der Waals surface area contributed by atoms with Gasteiger partial charge in [-0.1, -0.05) is 0 Å². The molecule has 20 nitrogen and oxygen atoms in total. The number of hydrogen-bond acceptors (Lipinski definition) is 8. The Kier molecular flexibility index (Phi) is 519. The van der Waals surface area contributed by atoms with Crippen LogP contribution in [0.4, 0.5) is 0 Å². The van der Waals surface area contributed by atoms with Crippen molar-refractivity contribution < 1.29 is 159 Å². The Labute approximate surface area is 195 Å². The summed E-state index contributed by atoms with van der Waals surface area (Å²) in [6.07, 6.45) is 0. The summed E-state index contributed by atoms with van der Waals surface area (Å²) in [5, 5.41) is 0. The minimum Gasteiger partial charge on any atom is -0.759 e. The quantitative estimate of drug-likeness (QED) is 0.167. The average molecular weight is 521 g/mol. The van der Waals surface area contributed by atoms with Crippen molar-refractivity contribution in [3.63, 3.8) is 0 Å². The third kappa shape index (κ3) is 4720. The van der Waals surface area contributed by atoms with Crippen molar-refractivity contribution in [2.24, 2.45) is 0 Å². The third-order valence-corrected chi connectivity index (χ3v) is 0. The van der Waals surface area contributed by atoms with E-state index in [1.165, 1.54) is 0 Å². The first-order chi connectivity index (χ1) is 4.00. The zero-order valence-electron chi connectivity index (χ0n) is 11.7. The summed E-state index contributed by atoms with van der Waals surface area (Å²) in [4.78, 5) is 0. The second-order valence-electron chi connectivity index (χ2n) is 0.816. The minimum atomic E-state index is -5.17. The second-order valence-corrected chi connectivity index (χ2v) is 2.45. The van der Waals surface area contributed by atoms with Crippen LogP contribution in [-0.4, -0.2) is 118 Å². The van der Waals surface area contributed by atoms with Crippen molar-refractivity contribution >= 4 is 38.2 Å². The zero-order valence-corrected chi connectivity index (χ0v) is 19.4. The van der Waals surface area contributed by atoms with Crippen LogP contribution in [0.15, 0.2) is 0 Å². The van der Waals surface area contributed by atoms with E-state index in [1.54, 1.807) is 0 Å². The molecule has 0 aliphatic rings. The molecular weight excluding hydrogens is 497 g/mol. The Balaban J connectivity index is -0.00000000241. The average Bonchev–Trinajstić information content (AvgIpc) is 1.12. The van der Waals surface area contributed by atoms with Crippen LogP contribution in [0.5, 0.6) is 0 Å². The number of rotatable bonds is 0. The van der Waals surface area contributed by atoms with E-state index in [-0.39, 0.29) is 141 Å². The van der Waals surface area contributed by atoms with Crippen molar-refractivity contribution in [3.8, 4) is 0 Å². The van der Waals surface area contributed by atoms with Gasteiger partial charge in [-0.15, -0.1) is 0 Å². The van der Waals surface area contributed by atoms with E-state index in [1.807, 2.05) is 0 Å². The standard InChI is InChI=1S/Al.2H2O4S.12H2O.Rb/c;2*1-5(2,3)4;;;;;;;;;;;;;/h;2*(H2,1,2,3,4);12*1H2;/q+3;;;;;;;;;;;;;;;+1/p-4. The minimum absolute atomic E-state index is 0. The van der Waals surface area contributed by atoms with Crippen LogP contribution >= 0.6 is 0 Å².